The summed E-state index contributed by atoms with van der Waals surface area (Å²) >= 11 is 0. The Labute approximate surface area is 314 Å². The molecule has 0 spiro atoms. The molecule has 2 aliphatic heterocycles. The molecule has 0 unspecified atom stereocenters. The van der Waals surface area contributed by atoms with Gasteiger partial charge in [0.25, 0.3) is 0 Å². The zero-order valence-electron chi connectivity index (χ0n) is 32.7. The Morgan fingerprint density at radius 1 is 0.830 bits per heavy atom. The molecule has 18 atom stereocenters. The van der Waals surface area contributed by atoms with Crippen LogP contribution in [0.4, 0.5) is 0 Å². The highest BCUT2D eigenvalue weighted by molar-refractivity contribution is 5.76. The average Bonchev–Trinajstić information content (AvgIpc) is 3.10. The summed E-state index contributed by atoms with van der Waals surface area (Å²) in [4.78, 5) is 13.0. The van der Waals surface area contributed by atoms with E-state index in [0.717, 1.165) is 51.4 Å². The molecule has 0 aromatic rings. The molecule has 0 bridgehead atoms. The summed E-state index contributed by atoms with van der Waals surface area (Å²) in [5.74, 6) is -0.194. The SMILES string of the molecule is C[C@@H]1O[C@@H](O[C@H]2[C@H](O[C@@H]3CC[C@@]4(C)[C@@H](CC[C@]5(C)[C@@H]4CC=C4[C@@H]6CC(C)(C)CC[C@]6(C(=O)O)CC[C@]45C)[C@]3(C)CO)OC[C@H](O)[C@@H]2O)[C@H](O)[C@H](O)[C@H]1O. The van der Waals surface area contributed by atoms with E-state index in [1.807, 2.05) is 0 Å². The van der Waals surface area contributed by atoms with Crippen LogP contribution < -0.4 is 0 Å². The molecule has 4 saturated carbocycles. The van der Waals surface area contributed by atoms with Gasteiger partial charge in [0, 0.05) is 5.41 Å². The normalized spacial score (nSPS) is 55.1. The van der Waals surface area contributed by atoms with Crippen LogP contribution >= 0.6 is 0 Å². The van der Waals surface area contributed by atoms with Crippen molar-refractivity contribution in [3.05, 3.63) is 11.6 Å². The first-order valence-electron chi connectivity index (χ1n) is 20.2. The Hall–Kier alpha value is -1.19. The van der Waals surface area contributed by atoms with Gasteiger partial charge in [0.1, 0.15) is 36.6 Å². The van der Waals surface area contributed by atoms with Gasteiger partial charge in [0.05, 0.1) is 30.8 Å². The molecule has 0 aromatic carbocycles. The van der Waals surface area contributed by atoms with Crippen molar-refractivity contribution < 1.29 is 59.5 Å². The van der Waals surface area contributed by atoms with Crippen molar-refractivity contribution >= 4 is 5.97 Å². The molecular formula is C41H66O12. The molecule has 12 nitrogen and oxygen atoms in total. The van der Waals surface area contributed by atoms with Crippen molar-refractivity contribution in [2.24, 2.45) is 50.2 Å². The fraction of sp³-hybridized carbons (Fsp3) is 0.927. The molecule has 7 N–H and O–H groups in total. The minimum absolute atomic E-state index is 0.0360. The summed E-state index contributed by atoms with van der Waals surface area (Å²) in [5.41, 5.74) is -0.239. The maximum Gasteiger partial charge on any atom is 0.310 e. The van der Waals surface area contributed by atoms with Crippen LogP contribution in [0.15, 0.2) is 11.6 Å². The molecule has 7 rings (SSSR count). The number of aliphatic hydroxyl groups is 6. The number of ether oxygens (including phenoxy) is 4. The van der Waals surface area contributed by atoms with Gasteiger partial charge in [0.2, 0.25) is 0 Å². The van der Waals surface area contributed by atoms with E-state index >= 15 is 0 Å². The van der Waals surface area contributed by atoms with Gasteiger partial charge in [0.15, 0.2) is 12.6 Å². The molecular weight excluding hydrogens is 684 g/mol. The van der Waals surface area contributed by atoms with E-state index in [1.54, 1.807) is 0 Å². The monoisotopic (exact) mass is 750 g/mol. The lowest BCUT2D eigenvalue weighted by Crippen LogP contribution is -2.67. The molecule has 0 aromatic heterocycles. The van der Waals surface area contributed by atoms with Gasteiger partial charge in [-0.25, -0.2) is 0 Å². The molecule has 5 aliphatic carbocycles. The molecule has 0 radical (unpaired) electrons. The van der Waals surface area contributed by atoms with Crippen LogP contribution in [0.3, 0.4) is 0 Å². The number of carbonyl (C=O) groups is 1. The number of hydrogen-bond acceptors (Lipinski definition) is 11. The van der Waals surface area contributed by atoms with Gasteiger partial charge in [-0.2, -0.15) is 0 Å². The van der Waals surface area contributed by atoms with Crippen LogP contribution in [-0.2, 0) is 23.7 Å². The van der Waals surface area contributed by atoms with Gasteiger partial charge in [-0.3, -0.25) is 4.79 Å². The highest BCUT2D eigenvalue weighted by Gasteiger charge is 2.70. The Kier molecular flexibility index (Phi) is 10.2. The second-order valence-corrected chi connectivity index (χ2v) is 20.0. The van der Waals surface area contributed by atoms with Crippen molar-refractivity contribution in [1.29, 1.82) is 0 Å². The van der Waals surface area contributed by atoms with Crippen LogP contribution in [0.1, 0.15) is 113 Å². The highest BCUT2D eigenvalue weighted by Crippen LogP contribution is 2.76. The summed E-state index contributed by atoms with van der Waals surface area (Å²) < 4.78 is 24.3. The van der Waals surface area contributed by atoms with Crippen molar-refractivity contribution in [3.8, 4) is 0 Å². The average molecular weight is 751 g/mol. The van der Waals surface area contributed by atoms with Crippen molar-refractivity contribution in [3.63, 3.8) is 0 Å². The largest absolute Gasteiger partial charge is 0.481 e. The smallest absolute Gasteiger partial charge is 0.310 e. The lowest BCUT2D eigenvalue weighted by atomic mass is 9.33. The van der Waals surface area contributed by atoms with Crippen molar-refractivity contribution in [1.82, 2.24) is 0 Å². The van der Waals surface area contributed by atoms with E-state index in [4.69, 9.17) is 18.9 Å². The van der Waals surface area contributed by atoms with Gasteiger partial charge >= 0.3 is 5.97 Å². The number of allylic oxidation sites excluding steroid dienone is 2. The van der Waals surface area contributed by atoms with Gasteiger partial charge < -0.3 is 54.7 Å². The van der Waals surface area contributed by atoms with Crippen LogP contribution in [0.5, 0.6) is 0 Å². The second kappa shape index (κ2) is 13.5. The standard InChI is InChI=1S/C41H66O12/c1-21-28(44)30(46)31(47)33(51-21)53-32-29(45)24(43)19-50-34(32)52-27-11-12-37(4)25(38(27,5)20-42)10-13-40(7)26(37)9-8-22-23-18-36(2,3)14-16-41(23,35(48)49)17-15-39(22,40)6/h8,21,23-34,42-47H,9-20H2,1-7H3,(H,48,49)/t21-,23-,24-,25+,26+,27+,28-,29-,30+,31+,32+,33-,34-,37-,38-,39+,40+,41-/m0/s1. The first-order chi connectivity index (χ1) is 24.7. The zero-order chi connectivity index (χ0) is 38.7. The Morgan fingerprint density at radius 2 is 1.53 bits per heavy atom. The molecule has 6 fully saturated rings. The Bertz CT molecular complexity index is 1440. The third-order valence-electron chi connectivity index (χ3n) is 17.0. The highest BCUT2D eigenvalue weighted by atomic mass is 16.8. The molecule has 2 saturated heterocycles. The first-order valence-corrected chi connectivity index (χ1v) is 20.2. The summed E-state index contributed by atoms with van der Waals surface area (Å²) in [6, 6.07) is 0. The molecule has 7 aliphatic rings. The van der Waals surface area contributed by atoms with Crippen molar-refractivity contribution in [2.75, 3.05) is 13.2 Å². The van der Waals surface area contributed by atoms with E-state index in [1.165, 1.54) is 12.5 Å². The van der Waals surface area contributed by atoms with E-state index in [2.05, 4.69) is 47.6 Å². The van der Waals surface area contributed by atoms with Gasteiger partial charge in [-0.1, -0.05) is 53.2 Å². The quantitative estimate of drug-likeness (QED) is 0.155. The molecule has 302 valence electrons. The number of carboxylic acid groups (broad SMARTS) is 1. The number of rotatable bonds is 6. The van der Waals surface area contributed by atoms with Crippen LogP contribution in [0, 0.1) is 50.2 Å². The van der Waals surface area contributed by atoms with E-state index in [-0.39, 0.29) is 46.7 Å². The predicted octanol–water partition coefficient (Wildman–Crippen LogP) is 3.52. The zero-order valence-corrected chi connectivity index (χ0v) is 32.7. The topological polar surface area (TPSA) is 196 Å². The minimum atomic E-state index is -1.62. The number of hydrogen-bond donors (Lipinski definition) is 7. The van der Waals surface area contributed by atoms with Crippen LogP contribution in [0.25, 0.3) is 0 Å². The van der Waals surface area contributed by atoms with Gasteiger partial charge in [-0.05, 0) is 111 Å². The van der Waals surface area contributed by atoms with Crippen molar-refractivity contribution in [2.45, 2.75) is 174 Å². The lowest BCUT2D eigenvalue weighted by Gasteiger charge is -2.71. The number of fused-ring (bicyclic) bond motifs is 7. The van der Waals surface area contributed by atoms with Crippen LogP contribution in [0.2, 0.25) is 0 Å². The minimum Gasteiger partial charge on any atom is -0.481 e. The summed E-state index contributed by atoms with van der Waals surface area (Å²) in [6.07, 6.45) is -1.79. The molecule has 53 heavy (non-hydrogen) atoms. The first kappa shape index (κ1) is 40.0. The summed E-state index contributed by atoms with van der Waals surface area (Å²) in [5, 5.41) is 74.9. The Morgan fingerprint density at radius 3 is 2.21 bits per heavy atom. The maximum absolute atomic E-state index is 13.0. The summed E-state index contributed by atoms with van der Waals surface area (Å²) in [7, 11) is 0. The summed E-state index contributed by atoms with van der Waals surface area (Å²) in [6.45, 7) is 15.1. The fourth-order valence-corrected chi connectivity index (χ4v) is 13.3. The third-order valence-corrected chi connectivity index (χ3v) is 17.0. The van der Waals surface area contributed by atoms with E-state index in [9.17, 15) is 40.5 Å². The van der Waals surface area contributed by atoms with Gasteiger partial charge in [-0.15, -0.1) is 0 Å². The molecule has 0 amide bonds. The van der Waals surface area contributed by atoms with Crippen LogP contribution in [-0.4, -0.2) is 116 Å². The van der Waals surface area contributed by atoms with E-state index in [0.29, 0.717) is 18.8 Å². The maximum atomic E-state index is 13.0. The fourth-order valence-electron chi connectivity index (χ4n) is 13.3. The predicted molar refractivity (Wildman–Crippen MR) is 192 cm³/mol. The lowest BCUT2D eigenvalue weighted by molar-refractivity contribution is -0.365. The number of carboxylic acids is 1. The third kappa shape index (κ3) is 5.85. The number of aliphatic hydroxyl groups excluding tert-OH is 6. The number of aliphatic carboxylic acids is 1. The second-order valence-electron chi connectivity index (χ2n) is 20.0. The molecule has 12 heteroatoms. The Balaban J connectivity index is 1.15. The molecule has 2 heterocycles. The van der Waals surface area contributed by atoms with E-state index < -0.39 is 78.2 Å².